The third-order valence-corrected chi connectivity index (χ3v) is 5.18. The molecule has 2 aliphatic rings. The quantitative estimate of drug-likeness (QED) is 0.787. The summed E-state index contributed by atoms with van der Waals surface area (Å²) in [4.78, 5) is 21.2. The van der Waals surface area contributed by atoms with Crippen LogP contribution in [0, 0.1) is 0 Å². The molecule has 0 radical (unpaired) electrons. The molecule has 1 aromatic carbocycles. The van der Waals surface area contributed by atoms with Crippen molar-refractivity contribution >= 4 is 6.09 Å². The Morgan fingerprint density at radius 1 is 1.00 bits per heavy atom. The Balaban J connectivity index is 1.32. The largest absolute Gasteiger partial charge is 0.492 e. The second kappa shape index (κ2) is 8.96. The Morgan fingerprint density at radius 2 is 1.73 bits per heavy atom. The fourth-order valence-electron chi connectivity index (χ4n) is 3.50. The summed E-state index contributed by atoms with van der Waals surface area (Å²) in [6.45, 7) is 3.06. The average Bonchev–Trinajstić information content (AvgIpc) is 3.08. The highest BCUT2D eigenvalue weighted by Gasteiger charge is 2.25. The standard InChI is InChI=1S/C22H25N3O5/c26-20-10-11-21(27)25(20)30-22(28)24-14-12-23(13-15-24)16-17-6-4-5-9-19(17)29-18-7-2-1-3-8-18/h1-2,4-7,9-11,26-27H,3,8,12-16H2. The van der Waals surface area contributed by atoms with Gasteiger partial charge < -0.3 is 24.7 Å². The first-order valence-electron chi connectivity index (χ1n) is 10.0. The van der Waals surface area contributed by atoms with Crippen molar-refractivity contribution in [2.24, 2.45) is 0 Å². The number of para-hydroxylation sites is 1. The topological polar surface area (TPSA) is 87.4 Å². The van der Waals surface area contributed by atoms with Gasteiger partial charge in [0.05, 0.1) is 0 Å². The van der Waals surface area contributed by atoms with Crippen LogP contribution in [-0.4, -0.2) is 57.0 Å². The van der Waals surface area contributed by atoms with Gasteiger partial charge in [0.25, 0.3) is 0 Å². The summed E-state index contributed by atoms with van der Waals surface area (Å²) in [7, 11) is 0. The molecule has 0 saturated carbocycles. The smallest absolute Gasteiger partial charge is 0.434 e. The zero-order valence-corrected chi connectivity index (χ0v) is 16.6. The molecule has 1 fully saturated rings. The van der Waals surface area contributed by atoms with Gasteiger partial charge >= 0.3 is 6.09 Å². The lowest BCUT2D eigenvalue weighted by atomic mass is 10.1. The van der Waals surface area contributed by atoms with Crippen LogP contribution in [0.5, 0.6) is 17.5 Å². The predicted molar refractivity (Wildman–Crippen MR) is 110 cm³/mol. The van der Waals surface area contributed by atoms with Gasteiger partial charge in [0.2, 0.25) is 11.8 Å². The number of piperazine rings is 1. The van der Waals surface area contributed by atoms with Crippen LogP contribution in [0.2, 0.25) is 0 Å². The highest BCUT2D eigenvalue weighted by molar-refractivity contribution is 5.68. The maximum absolute atomic E-state index is 12.3. The minimum absolute atomic E-state index is 0.334. The molecular weight excluding hydrogens is 386 g/mol. The summed E-state index contributed by atoms with van der Waals surface area (Å²) in [5.41, 5.74) is 1.10. The SMILES string of the molecule is O=C(On1c(O)ccc1O)N1CCN(Cc2ccccc2OC2=CC=CCC2)CC1. The molecule has 1 amide bonds. The van der Waals surface area contributed by atoms with E-state index in [0.717, 1.165) is 36.5 Å². The summed E-state index contributed by atoms with van der Waals surface area (Å²) in [5, 5.41) is 19.2. The van der Waals surface area contributed by atoms with E-state index in [1.807, 2.05) is 30.4 Å². The number of aromatic nitrogens is 1. The van der Waals surface area contributed by atoms with Gasteiger partial charge in [-0.1, -0.05) is 30.4 Å². The lowest BCUT2D eigenvalue weighted by Gasteiger charge is -2.34. The van der Waals surface area contributed by atoms with Crippen LogP contribution in [0.3, 0.4) is 0 Å². The molecule has 2 heterocycles. The van der Waals surface area contributed by atoms with E-state index in [9.17, 15) is 15.0 Å². The summed E-state index contributed by atoms with van der Waals surface area (Å²) in [5.74, 6) is 1.16. The number of allylic oxidation sites excluding steroid dienone is 4. The van der Waals surface area contributed by atoms with Crippen molar-refractivity contribution in [3.05, 3.63) is 65.9 Å². The number of amides is 1. The van der Waals surface area contributed by atoms with Crippen LogP contribution in [0.25, 0.3) is 0 Å². The van der Waals surface area contributed by atoms with Crippen LogP contribution in [-0.2, 0) is 6.54 Å². The van der Waals surface area contributed by atoms with Crippen LogP contribution in [0.1, 0.15) is 18.4 Å². The number of carbonyl (C=O) groups excluding carboxylic acids is 1. The zero-order chi connectivity index (χ0) is 20.9. The van der Waals surface area contributed by atoms with Crippen molar-refractivity contribution in [3.8, 4) is 17.5 Å². The third-order valence-electron chi connectivity index (χ3n) is 5.18. The second-order valence-electron chi connectivity index (χ2n) is 7.27. The van der Waals surface area contributed by atoms with Crippen LogP contribution >= 0.6 is 0 Å². The molecule has 0 unspecified atom stereocenters. The fraction of sp³-hybridized carbons (Fsp3) is 0.318. The van der Waals surface area contributed by atoms with Crippen molar-refractivity contribution in [2.75, 3.05) is 26.2 Å². The molecule has 158 valence electrons. The lowest BCUT2D eigenvalue weighted by molar-refractivity contribution is 0.0554. The van der Waals surface area contributed by atoms with Crippen molar-refractivity contribution in [2.45, 2.75) is 19.4 Å². The second-order valence-corrected chi connectivity index (χ2v) is 7.27. The molecular formula is C22H25N3O5. The highest BCUT2D eigenvalue weighted by atomic mass is 16.7. The molecule has 8 heteroatoms. The summed E-state index contributed by atoms with van der Waals surface area (Å²) in [6, 6.07) is 10.5. The Labute approximate surface area is 174 Å². The molecule has 8 nitrogen and oxygen atoms in total. The van der Waals surface area contributed by atoms with Gasteiger partial charge in [-0.3, -0.25) is 4.90 Å². The number of benzene rings is 1. The van der Waals surface area contributed by atoms with E-state index < -0.39 is 6.09 Å². The Morgan fingerprint density at radius 3 is 2.43 bits per heavy atom. The number of hydrogen-bond donors (Lipinski definition) is 2. The molecule has 1 aliphatic heterocycles. The van der Waals surface area contributed by atoms with Gasteiger partial charge in [0, 0.05) is 56.8 Å². The molecule has 0 spiro atoms. The molecule has 1 aliphatic carbocycles. The number of ether oxygens (including phenoxy) is 1. The monoisotopic (exact) mass is 411 g/mol. The predicted octanol–water partition coefficient (Wildman–Crippen LogP) is 2.88. The minimum Gasteiger partial charge on any atom is -0.492 e. The normalized spacial score (nSPS) is 16.9. The molecule has 1 saturated heterocycles. The first-order valence-corrected chi connectivity index (χ1v) is 10.0. The molecule has 4 rings (SSSR count). The number of nitrogens with zero attached hydrogens (tertiary/aromatic N) is 3. The minimum atomic E-state index is -0.613. The number of hydrogen-bond acceptors (Lipinski definition) is 6. The third kappa shape index (κ3) is 4.60. The van der Waals surface area contributed by atoms with Crippen LogP contribution in [0.15, 0.2) is 60.4 Å². The maximum Gasteiger partial charge on any atom is 0.434 e. The summed E-state index contributed by atoms with van der Waals surface area (Å²) in [6.07, 6.45) is 7.43. The van der Waals surface area contributed by atoms with E-state index in [-0.39, 0.29) is 11.8 Å². The Kier molecular flexibility index (Phi) is 5.94. The Bertz CT molecular complexity index is 938. The molecule has 2 aromatic rings. The molecule has 2 N–H and O–H groups in total. The lowest BCUT2D eigenvalue weighted by Crippen LogP contribution is -2.50. The van der Waals surface area contributed by atoms with Gasteiger partial charge in [-0.05, 0) is 18.6 Å². The molecule has 0 atom stereocenters. The number of aromatic hydroxyl groups is 2. The molecule has 1 aromatic heterocycles. The van der Waals surface area contributed by atoms with Gasteiger partial charge in [-0.15, -0.1) is 4.73 Å². The summed E-state index contributed by atoms with van der Waals surface area (Å²) < 4.78 is 6.82. The van der Waals surface area contributed by atoms with Crippen molar-refractivity contribution in [3.63, 3.8) is 0 Å². The van der Waals surface area contributed by atoms with Crippen molar-refractivity contribution < 1.29 is 24.6 Å². The highest BCUT2D eigenvalue weighted by Crippen LogP contribution is 2.25. The van der Waals surface area contributed by atoms with Crippen molar-refractivity contribution in [1.29, 1.82) is 0 Å². The average molecular weight is 411 g/mol. The zero-order valence-electron chi connectivity index (χ0n) is 16.6. The first kappa shape index (κ1) is 19.9. The van der Waals surface area contributed by atoms with E-state index in [0.29, 0.717) is 30.9 Å². The Hall–Kier alpha value is -3.39. The fourth-order valence-corrected chi connectivity index (χ4v) is 3.50. The van der Waals surface area contributed by atoms with E-state index in [1.54, 1.807) is 4.90 Å². The van der Waals surface area contributed by atoms with E-state index in [2.05, 4.69) is 17.0 Å². The van der Waals surface area contributed by atoms with Crippen molar-refractivity contribution in [1.82, 2.24) is 14.5 Å². The van der Waals surface area contributed by atoms with Gasteiger partial charge in [-0.25, -0.2) is 4.79 Å². The van der Waals surface area contributed by atoms with Crippen LogP contribution < -0.4 is 9.57 Å². The molecule has 30 heavy (non-hydrogen) atoms. The van der Waals surface area contributed by atoms with E-state index in [4.69, 9.17) is 9.57 Å². The van der Waals surface area contributed by atoms with E-state index in [1.165, 1.54) is 12.1 Å². The maximum atomic E-state index is 12.3. The van der Waals surface area contributed by atoms with E-state index >= 15 is 0 Å². The molecule has 0 bridgehead atoms. The number of carbonyl (C=O) groups is 1. The van der Waals surface area contributed by atoms with Crippen LogP contribution in [0.4, 0.5) is 4.79 Å². The number of rotatable bonds is 5. The van der Waals surface area contributed by atoms with Gasteiger partial charge in [0.15, 0.2) is 0 Å². The van der Waals surface area contributed by atoms with Gasteiger partial charge in [-0.2, -0.15) is 0 Å². The van der Waals surface area contributed by atoms with Gasteiger partial charge in [0.1, 0.15) is 11.5 Å². The first-order chi connectivity index (χ1) is 14.6. The summed E-state index contributed by atoms with van der Waals surface area (Å²) >= 11 is 0.